The fraction of sp³-hybridized carbons (Fsp3) is 0.389. The molecule has 3 rings (SSSR count). The number of anilines is 1. The van der Waals surface area contributed by atoms with E-state index in [1.807, 2.05) is 0 Å². The van der Waals surface area contributed by atoms with Gasteiger partial charge in [-0.05, 0) is 43.2 Å². The van der Waals surface area contributed by atoms with Crippen molar-refractivity contribution >= 4 is 33.0 Å². The van der Waals surface area contributed by atoms with Crippen LogP contribution in [0.1, 0.15) is 22.5 Å². The first-order chi connectivity index (χ1) is 12.9. The standard InChI is InChI=1S/C18H22N2O5S2/c1-20(13-5-7-14(24-2)8-6-13)27(22,23)16-10-17(26-12-16)18(21)19-11-15-4-3-9-25-15/h5-8,10,12,15H,3-4,9,11H2,1-2H3,(H,19,21). The molecule has 0 spiro atoms. The Morgan fingerprint density at radius 1 is 1.37 bits per heavy atom. The molecule has 0 bridgehead atoms. The van der Waals surface area contributed by atoms with Crippen LogP contribution in [0, 0.1) is 0 Å². The summed E-state index contributed by atoms with van der Waals surface area (Å²) in [5.41, 5.74) is 0.506. The molecule has 1 aliphatic heterocycles. The molecule has 0 radical (unpaired) electrons. The number of hydrogen-bond donors (Lipinski definition) is 1. The number of amides is 1. The van der Waals surface area contributed by atoms with Crippen LogP contribution in [0.3, 0.4) is 0 Å². The van der Waals surface area contributed by atoms with E-state index >= 15 is 0 Å². The molecule has 1 aromatic heterocycles. The predicted octanol–water partition coefficient (Wildman–Crippen LogP) is 2.49. The Morgan fingerprint density at radius 2 is 2.11 bits per heavy atom. The van der Waals surface area contributed by atoms with Gasteiger partial charge in [-0.3, -0.25) is 9.10 Å². The van der Waals surface area contributed by atoms with E-state index in [4.69, 9.17) is 9.47 Å². The molecule has 27 heavy (non-hydrogen) atoms. The molecule has 9 heteroatoms. The summed E-state index contributed by atoms with van der Waals surface area (Å²) in [7, 11) is -0.731. The zero-order valence-corrected chi connectivity index (χ0v) is 16.8. The number of sulfonamides is 1. The first-order valence-corrected chi connectivity index (χ1v) is 10.8. The molecule has 1 saturated heterocycles. The van der Waals surface area contributed by atoms with E-state index in [2.05, 4.69) is 5.32 Å². The van der Waals surface area contributed by atoms with Crippen LogP contribution in [0.4, 0.5) is 5.69 Å². The van der Waals surface area contributed by atoms with E-state index in [0.29, 0.717) is 22.9 Å². The predicted molar refractivity (Wildman–Crippen MR) is 104 cm³/mol. The lowest BCUT2D eigenvalue weighted by Crippen LogP contribution is -2.31. The van der Waals surface area contributed by atoms with Gasteiger partial charge < -0.3 is 14.8 Å². The van der Waals surface area contributed by atoms with Gasteiger partial charge in [0.2, 0.25) is 0 Å². The summed E-state index contributed by atoms with van der Waals surface area (Å²) < 4.78 is 37.4. The summed E-state index contributed by atoms with van der Waals surface area (Å²) in [6.07, 6.45) is 1.97. The number of nitrogens with zero attached hydrogens (tertiary/aromatic N) is 1. The quantitative estimate of drug-likeness (QED) is 0.758. The Labute approximate surface area is 163 Å². The summed E-state index contributed by atoms with van der Waals surface area (Å²) in [4.78, 5) is 12.7. The SMILES string of the molecule is COc1ccc(N(C)S(=O)(=O)c2csc(C(=O)NCC3CCCO3)c2)cc1. The lowest BCUT2D eigenvalue weighted by atomic mass is 10.2. The van der Waals surface area contributed by atoms with Crippen molar-refractivity contribution in [2.24, 2.45) is 0 Å². The highest BCUT2D eigenvalue weighted by Gasteiger charge is 2.24. The van der Waals surface area contributed by atoms with Crippen LogP contribution in [0.25, 0.3) is 0 Å². The summed E-state index contributed by atoms with van der Waals surface area (Å²) in [6.45, 7) is 1.16. The number of nitrogens with one attached hydrogen (secondary N) is 1. The second kappa shape index (κ2) is 8.28. The van der Waals surface area contributed by atoms with E-state index in [-0.39, 0.29) is 16.9 Å². The van der Waals surface area contributed by atoms with Gasteiger partial charge in [0.1, 0.15) is 5.75 Å². The second-order valence-corrected chi connectivity index (χ2v) is 9.04. The molecular formula is C18H22N2O5S2. The molecule has 1 N–H and O–H groups in total. The maximum atomic E-state index is 12.8. The monoisotopic (exact) mass is 410 g/mol. The molecule has 1 fully saturated rings. The van der Waals surface area contributed by atoms with Crippen LogP contribution in [-0.4, -0.2) is 47.7 Å². The minimum Gasteiger partial charge on any atom is -0.497 e. The van der Waals surface area contributed by atoms with Gasteiger partial charge in [0.15, 0.2) is 0 Å². The van der Waals surface area contributed by atoms with Gasteiger partial charge in [0, 0.05) is 25.6 Å². The number of rotatable bonds is 7. The van der Waals surface area contributed by atoms with Gasteiger partial charge >= 0.3 is 0 Å². The van der Waals surface area contributed by atoms with Crippen LogP contribution in [0.2, 0.25) is 0 Å². The molecule has 2 aromatic rings. The van der Waals surface area contributed by atoms with Gasteiger partial charge in [-0.1, -0.05) is 0 Å². The van der Waals surface area contributed by atoms with Gasteiger partial charge in [-0.2, -0.15) is 0 Å². The van der Waals surface area contributed by atoms with E-state index in [1.54, 1.807) is 31.4 Å². The Kier molecular flexibility index (Phi) is 6.03. The van der Waals surface area contributed by atoms with E-state index in [9.17, 15) is 13.2 Å². The molecule has 1 amide bonds. The van der Waals surface area contributed by atoms with Crippen molar-refractivity contribution in [2.45, 2.75) is 23.8 Å². The van der Waals surface area contributed by atoms with Crippen molar-refractivity contribution in [3.8, 4) is 5.75 Å². The molecule has 1 aromatic carbocycles. The molecule has 1 aliphatic rings. The highest BCUT2D eigenvalue weighted by molar-refractivity contribution is 7.93. The first-order valence-electron chi connectivity index (χ1n) is 8.53. The highest BCUT2D eigenvalue weighted by atomic mass is 32.2. The largest absolute Gasteiger partial charge is 0.497 e. The third-order valence-electron chi connectivity index (χ3n) is 4.41. The maximum Gasteiger partial charge on any atom is 0.264 e. The average molecular weight is 411 g/mol. The highest BCUT2D eigenvalue weighted by Crippen LogP contribution is 2.27. The van der Waals surface area contributed by atoms with Crippen LogP contribution in [0.15, 0.2) is 40.6 Å². The third kappa shape index (κ3) is 4.42. The Hall–Kier alpha value is -2.10. The molecule has 0 aliphatic carbocycles. The molecular weight excluding hydrogens is 388 g/mol. The Bertz CT molecular complexity index is 887. The minimum absolute atomic E-state index is 0.0401. The van der Waals surface area contributed by atoms with E-state index in [0.717, 1.165) is 30.8 Å². The van der Waals surface area contributed by atoms with Crippen LogP contribution in [0.5, 0.6) is 5.75 Å². The zero-order chi connectivity index (χ0) is 19.4. The second-order valence-electron chi connectivity index (χ2n) is 6.16. The van der Waals surface area contributed by atoms with Crippen LogP contribution in [-0.2, 0) is 14.8 Å². The van der Waals surface area contributed by atoms with Crippen LogP contribution >= 0.6 is 11.3 Å². The van der Waals surface area contributed by atoms with Gasteiger partial charge in [0.05, 0.1) is 28.7 Å². The third-order valence-corrected chi connectivity index (χ3v) is 7.25. The number of methoxy groups -OCH3 is 1. The Morgan fingerprint density at radius 3 is 2.74 bits per heavy atom. The molecule has 7 nitrogen and oxygen atoms in total. The lowest BCUT2D eigenvalue weighted by Gasteiger charge is -2.18. The van der Waals surface area contributed by atoms with E-state index < -0.39 is 10.0 Å². The van der Waals surface area contributed by atoms with Crippen molar-refractivity contribution in [3.05, 3.63) is 40.6 Å². The Balaban J connectivity index is 1.70. The lowest BCUT2D eigenvalue weighted by molar-refractivity contribution is 0.0861. The fourth-order valence-corrected chi connectivity index (χ4v) is 5.13. The molecule has 0 saturated carbocycles. The van der Waals surface area contributed by atoms with E-state index in [1.165, 1.54) is 22.8 Å². The maximum absolute atomic E-state index is 12.8. The summed E-state index contributed by atoms with van der Waals surface area (Å²) in [5.74, 6) is 0.356. The van der Waals surface area contributed by atoms with Crippen molar-refractivity contribution in [1.29, 1.82) is 0 Å². The molecule has 146 valence electrons. The average Bonchev–Trinajstić information content (AvgIpc) is 3.37. The first kappa shape index (κ1) is 19.7. The number of thiophene rings is 1. The number of carbonyl (C=O) groups is 1. The van der Waals surface area contributed by atoms with Crippen molar-refractivity contribution in [1.82, 2.24) is 5.32 Å². The number of hydrogen-bond acceptors (Lipinski definition) is 6. The molecule has 1 atom stereocenters. The summed E-state index contributed by atoms with van der Waals surface area (Å²) in [5, 5.41) is 4.29. The van der Waals surface area contributed by atoms with Crippen molar-refractivity contribution in [3.63, 3.8) is 0 Å². The molecule has 1 unspecified atom stereocenters. The topological polar surface area (TPSA) is 84.9 Å². The number of ether oxygens (including phenoxy) is 2. The van der Waals surface area contributed by atoms with Gasteiger partial charge in [-0.15, -0.1) is 11.3 Å². The molecule has 2 heterocycles. The van der Waals surface area contributed by atoms with Crippen molar-refractivity contribution < 1.29 is 22.7 Å². The normalized spacial score (nSPS) is 16.9. The van der Waals surface area contributed by atoms with Gasteiger partial charge in [0.25, 0.3) is 15.9 Å². The fourth-order valence-electron chi connectivity index (χ4n) is 2.76. The minimum atomic E-state index is -3.76. The summed E-state index contributed by atoms with van der Waals surface area (Å²) >= 11 is 1.11. The number of benzene rings is 1. The zero-order valence-electron chi connectivity index (χ0n) is 15.2. The van der Waals surface area contributed by atoms with Gasteiger partial charge in [-0.25, -0.2) is 8.42 Å². The van der Waals surface area contributed by atoms with Crippen LogP contribution < -0.4 is 14.4 Å². The summed E-state index contributed by atoms with van der Waals surface area (Å²) in [6, 6.07) is 8.12. The number of carbonyl (C=O) groups excluding carboxylic acids is 1. The van der Waals surface area contributed by atoms with Crippen molar-refractivity contribution in [2.75, 3.05) is 31.6 Å². The smallest absolute Gasteiger partial charge is 0.264 e.